The minimum absolute atomic E-state index is 0.781. The van der Waals surface area contributed by atoms with Crippen molar-refractivity contribution in [3.63, 3.8) is 0 Å². The molecule has 1 heterocycles. The third-order valence-corrected chi connectivity index (χ3v) is 4.62. The van der Waals surface area contributed by atoms with Crippen LogP contribution in [0.2, 0.25) is 0 Å². The molecule has 1 aliphatic carbocycles. The van der Waals surface area contributed by atoms with Gasteiger partial charge in [-0.3, -0.25) is 0 Å². The van der Waals surface area contributed by atoms with E-state index < -0.39 is 0 Å². The van der Waals surface area contributed by atoms with Crippen molar-refractivity contribution in [2.24, 2.45) is 11.8 Å². The van der Waals surface area contributed by atoms with E-state index in [2.05, 4.69) is 17.3 Å². The van der Waals surface area contributed by atoms with Crippen LogP contribution in [0, 0.1) is 11.8 Å². The lowest BCUT2D eigenvalue weighted by molar-refractivity contribution is 0.152. The second kappa shape index (κ2) is 6.72. The van der Waals surface area contributed by atoms with Crippen LogP contribution < -0.4 is 5.32 Å². The van der Waals surface area contributed by atoms with E-state index in [1.165, 1.54) is 51.7 Å². The lowest BCUT2D eigenvalue weighted by Crippen LogP contribution is -2.32. The maximum absolute atomic E-state index is 5.25. The Morgan fingerprint density at radius 3 is 2.94 bits per heavy atom. The van der Waals surface area contributed by atoms with Crippen LogP contribution in [-0.2, 0) is 4.74 Å². The van der Waals surface area contributed by atoms with Crippen molar-refractivity contribution in [3.8, 4) is 0 Å². The van der Waals surface area contributed by atoms with E-state index in [0.29, 0.717) is 0 Å². The number of ether oxygens (including phenoxy) is 1. The molecule has 1 N–H and O–H groups in total. The molecule has 0 amide bonds. The number of nitrogens with zero attached hydrogens (tertiary/aromatic N) is 1. The summed E-state index contributed by atoms with van der Waals surface area (Å²) in [5.74, 6) is 1.70. The SMILES string of the molecule is CNC1CCCC1CCN1CCC(COC)C1. The van der Waals surface area contributed by atoms with E-state index in [4.69, 9.17) is 4.74 Å². The van der Waals surface area contributed by atoms with Gasteiger partial charge in [0.05, 0.1) is 6.61 Å². The fraction of sp³-hybridized carbons (Fsp3) is 1.00. The van der Waals surface area contributed by atoms with Crippen molar-refractivity contribution in [2.45, 2.75) is 38.1 Å². The van der Waals surface area contributed by atoms with Gasteiger partial charge in [-0.2, -0.15) is 0 Å². The molecule has 0 spiro atoms. The van der Waals surface area contributed by atoms with Crippen LogP contribution in [0.3, 0.4) is 0 Å². The topological polar surface area (TPSA) is 24.5 Å². The van der Waals surface area contributed by atoms with Crippen LogP contribution in [0.15, 0.2) is 0 Å². The Morgan fingerprint density at radius 2 is 2.18 bits per heavy atom. The highest BCUT2D eigenvalue weighted by Crippen LogP contribution is 2.29. The summed E-state index contributed by atoms with van der Waals surface area (Å²) in [7, 11) is 3.94. The molecule has 17 heavy (non-hydrogen) atoms. The minimum atomic E-state index is 0.781. The van der Waals surface area contributed by atoms with E-state index in [9.17, 15) is 0 Å². The van der Waals surface area contributed by atoms with E-state index in [0.717, 1.165) is 24.5 Å². The number of methoxy groups -OCH3 is 1. The Labute approximate surface area is 106 Å². The molecule has 0 aromatic carbocycles. The Hall–Kier alpha value is -0.120. The number of hydrogen-bond acceptors (Lipinski definition) is 3. The van der Waals surface area contributed by atoms with E-state index >= 15 is 0 Å². The zero-order valence-electron chi connectivity index (χ0n) is 11.5. The smallest absolute Gasteiger partial charge is 0.0503 e. The van der Waals surface area contributed by atoms with Gasteiger partial charge in [0, 0.05) is 19.7 Å². The summed E-state index contributed by atoms with van der Waals surface area (Å²) in [4.78, 5) is 2.63. The molecular weight excluding hydrogens is 212 g/mol. The van der Waals surface area contributed by atoms with Crippen molar-refractivity contribution < 1.29 is 4.74 Å². The van der Waals surface area contributed by atoms with Gasteiger partial charge in [-0.15, -0.1) is 0 Å². The third-order valence-electron chi connectivity index (χ3n) is 4.62. The number of hydrogen-bond donors (Lipinski definition) is 1. The highest BCUT2D eigenvalue weighted by molar-refractivity contribution is 4.84. The number of likely N-dealkylation sites (tertiary alicyclic amines) is 1. The molecule has 1 saturated carbocycles. The first-order valence-electron chi connectivity index (χ1n) is 7.22. The normalized spacial score (nSPS) is 34.6. The first-order chi connectivity index (χ1) is 8.33. The minimum Gasteiger partial charge on any atom is -0.384 e. The van der Waals surface area contributed by atoms with Crippen LogP contribution in [0.25, 0.3) is 0 Å². The average Bonchev–Trinajstić information content (AvgIpc) is 2.95. The molecule has 3 heteroatoms. The van der Waals surface area contributed by atoms with Gasteiger partial charge in [-0.05, 0) is 57.7 Å². The van der Waals surface area contributed by atoms with Crippen LogP contribution in [0.1, 0.15) is 32.1 Å². The molecule has 3 nitrogen and oxygen atoms in total. The van der Waals surface area contributed by atoms with Crippen LogP contribution in [-0.4, -0.2) is 51.3 Å². The van der Waals surface area contributed by atoms with Crippen molar-refractivity contribution >= 4 is 0 Å². The molecule has 0 aromatic rings. The second-order valence-corrected chi connectivity index (χ2v) is 5.79. The van der Waals surface area contributed by atoms with Gasteiger partial charge in [0.2, 0.25) is 0 Å². The van der Waals surface area contributed by atoms with Crippen LogP contribution >= 0.6 is 0 Å². The fourth-order valence-corrected chi connectivity index (χ4v) is 3.60. The zero-order valence-corrected chi connectivity index (χ0v) is 11.5. The van der Waals surface area contributed by atoms with Gasteiger partial charge in [0.15, 0.2) is 0 Å². The van der Waals surface area contributed by atoms with Crippen molar-refractivity contribution in [3.05, 3.63) is 0 Å². The molecule has 3 atom stereocenters. The largest absolute Gasteiger partial charge is 0.384 e. The lowest BCUT2D eigenvalue weighted by Gasteiger charge is -2.22. The Balaban J connectivity index is 1.65. The Morgan fingerprint density at radius 1 is 1.29 bits per heavy atom. The van der Waals surface area contributed by atoms with Crippen LogP contribution in [0.5, 0.6) is 0 Å². The van der Waals surface area contributed by atoms with Gasteiger partial charge in [-0.1, -0.05) is 6.42 Å². The van der Waals surface area contributed by atoms with E-state index in [1.54, 1.807) is 0 Å². The predicted octanol–water partition coefficient (Wildman–Crippen LogP) is 1.73. The van der Waals surface area contributed by atoms with E-state index in [-0.39, 0.29) is 0 Å². The highest BCUT2D eigenvalue weighted by atomic mass is 16.5. The second-order valence-electron chi connectivity index (χ2n) is 5.79. The summed E-state index contributed by atoms with van der Waals surface area (Å²) in [6.45, 7) is 4.78. The van der Waals surface area contributed by atoms with Gasteiger partial charge in [0.1, 0.15) is 0 Å². The Kier molecular flexibility index (Phi) is 5.26. The van der Waals surface area contributed by atoms with Crippen LogP contribution in [0.4, 0.5) is 0 Å². The number of rotatable bonds is 6. The molecule has 2 fully saturated rings. The molecule has 100 valence electrons. The molecule has 1 aliphatic heterocycles. The van der Waals surface area contributed by atoms with Crippen molar-refractivity contribution in [1.29, 1.82) is 0 Å². The summed E-state index contributed by atoms with van der Waals surface area (Å²) >= 11 is 0. The van der Waals surface area contributed by atoms with Gasteiger partial charge >= 0.3 is 0 Å². The molecule has 1 saturated heterocycles. The van der Waals surface area contributed by atoms with Gasteiger partial charge in [-0.25, -0.2) is 0 Å². The first-order valence-corrected chi connectivity index (χ1v) is 7.22. The lowest BCUT2D eigenvalue weighted by atomic mass is 9.99. The first kappa shape index (κ1) is 13.3. The highest BCUT2D eigenvalue weighted by Gasteiger charge is 2.27. The molecule has 2 aliphatic rings. The van der Waals surface area contributed by atoms with Gasteiger partial charge < -0.3 is 15.0 Å². The van der Waals surface area contributed by atoms with Crippen molar-refractivity contribution in [2.75, 3.05) is 40.4 Å². The zero-order chi connectivity index (χ0) is 12.1. The summed E-state index contributed by atoms with van der Waals surface area (Å²) in [6, 6.07) is 0.785. The average molecular weight is 240 g/mol. The third kappa shape index (κ3) is 3.67. The maximum Gasteiger partial charge on any atom is 0.0503 e. The molecule has 2 rings (SSSR count). The summed E-state index contributed by atoms with van der Waals surface area (Å²) in [5, 5.41) is 3.48. The summed E-state index contributed by atoms with van der Waals surface area (Å²) in [6.07, 6.45) is 6.94. The predicted molar refractivity (Wildman–Crippen MR) is 71.2 cm³/mol. The monoisotopic (exact) mass is 240 g/mol. The van der Waals surface area contributed by atoms with E-state index in [1.807, 2.05) is 7.11 Å². The van der Waals surface area contributed by atoms with Gasteiger partial charge in [0.25, 0.3) is 0 Å². The van der Waals surface area contributed by atoms with Crippen molar-refractivity contribution in [1.82, 2.24) is 10.2 Å². The maximum atomic E-state index is 5.25. The summed E-state index contributed by atoms with van der Waals surface area (Å²) < 4.78 is 5.25. The quantitative estimate of drug-likeness (QED) is 0.765. The Bertz CT molecular complexity index is 222. The molecule has 0 radical (unpaired) electrons. The summed E-state index contributed by atoms with van der Waals surface area (Å²) in [5.41, 5.74) is 0. The number of nitrogens with one attached hydrogen (secondary N) is 1. The standard InChI is InChI=1S/C14H28N2O/c1-15-14-5-3-4-13(14)7-9-16-8-6-12(10-16)11-17-2/h12-15H,3-11H2,1-2H3. The molecule has 3 unspecified atom stereocenters. The molecular formula is C14H28N2O. The molecule has 0 aromatic heterocycles. The molecule has 0 bridgehead atoms. The fourth-order valence-electron chi connectivity index (χ4n) is 3.60.